The summed E-state index contributed by atoms with van der Waals surface area (Å²) < 4.78 is 26.2. The van der Waals surface area contributed by atoms with E-state index >= 15 is 0 Å². The van der Waals surface area contributed by atoms with E-state index in [1.54, 1.807) is 18.2 Å². The Kier molecular flexibility index (Phi) is 4.96. The summed E-state index contributed by atoms with van der Waals surface area (Å²) in [5, 5.41) is 3.08. The second-order valence-corrected chi connectivity index (χ2v) is 5.52. The van der Waals surface area contributed by atoms with Gasteiger partial charge >= 0.3 is 0 Å². The average Bonchev–Trinajstić information content (AvgIpc) is 2.31. The number of para-hydroxylation sites is 1. The lowest BCUT2D eigenvalue weighted by Gasteiger charge is -2.20. The molecule has 0 heterocycles. The standard InChI is InChI=1S/C12H20N2O2S/c1-4-13-11-9-7-8-10-12(11)17(15,16)14(5-2)6-3/h7-10,13H,4-6H2,1-3H3. The van der Waals surface area contributed by atoms with Crippen molar-refractivity contribution in [3.8, 4) is 0 Å². The Balaban J connectivity index is 3.23. The maximum atomic E-state index is 12.4. The molecule has 1 aromatic carbocycles. The first kappa shape index (κ1) is 14.0. The minimum Gasteiger partial charge on any atom is -0.384 e. The van der Waals surface area contributed by atoms with Crippen LogP contribution in [0.3, 0.4) is 0 Å². The van der Waals surface area contributed by atoms with Crippen LogP contribution in [0.15, 0.2) is 29.2 Å². The van der Waals surface area contributed by atoms with E-state index in [2.05, 4.69) is 5.32 Å². The minimum atomic E-state index is -3.38. The van der Waals surface area contributed by atoms with Gasteiger partial charge < -0.3 is 5.32 Å². The lowest BCUT2D eigenvalue weighted by Crippen LogP contribution is -2.31. The molecule has 0 fully saturated rings. The molecule has 0 unspecified atom stereocenters. The summed E-state index contributed by atoms with van der Waals surface area (Å²) in [6, 6.07) is 7.02. The zero-order chi connectivity index (χ0) is 12.9. The molecule has 17 heavy (non-hydrogen) atoms. The van der Waals surface area contributed by atoms with Gasteiger partial charge in [-0.1, -0.05) is 26.0 Å². The van der Waals surface area contributed by atoms with E-state index in [-0.39, 0.29) is 0 Å². The first-order valence-corrected chi connectivity index (χ1v) is 7.34. The lowest BCUT2D eigenvalue weighted by atomic mass is 10.3. The quantitative estimate of drug-likeness (QED) is 0.848. The molecule has 0 radical (unpaired) electrons. The monoisotopic (exact) mass is 256 g/mol. The Morgan fingerprint density at radius 1 is 1.12 bits per heavy atom. The smallest absolute Gasteiger partial charge is 0.245 e. The third kappa shape index (κ3) is 2.98. The van der Waals surface area contributed by atoms with Gasteiger partial charge in [0.25, 0.3) is 0 Å². The summed E-state index contributed by atoms with van der Waals surface area (Å²) in [7, 11) is -3.38. The largest absolute Gasteiger partial charge is 0.384 e. The fraction of sp³-hybridized carbons (Fsp3) is 0.500. The Morgan fingerprint density at radius 2 is 1.71 bits per heavy atom. The molecule has 1 N–H and O–H groups in total. The molecule has 1 aromatic rings. The molecular formula is C12H20N2O2S. The van der Waals surface area contributed by atoms with Gasteiger partial charge in [-0.05, 0) is 19.1 Å². The molecule has 0 saturated carbocycles. The van der Waals surface area contributed by atoms with Crippen molar-refractivity contribution in [2.75, 3.05) is 25.0 Å². The predicted octanol–water partition coefficient (Wildman–Crippen LogP) is 2.15. The average molecular weight is 256 g/mol. The third-order valence-electron chi connectivity index (χ3n) is 2.58. The molecule has 0 aliphatic rings. The zero-order valence-electron chi connectivity index (χ0n) is 10.6. The van der Waals surface area contributed by atoms with E-state index in [0.717, 1.165) is 0 Å². The van der Waals surface area contributed by atoms with Crippen LogP contribution >= 0.6 is 0 Å². The molecular weight excluding hydrogens is 236 g/mol. The van der Waals surface area contributed by atoms with Gasteiger partial charge in [-0.2, -0.15) is 4.31 Å². The molecule has 5 heteroatoms. The van der Waals surface area contributed by atoms with Gasteiger partial charge in [0, 0.05) is 19.6 Å². The van der Waals surface area contributed by atoms with Crippen LogP contribution in [0.1, 0.15) is 20.8 Å². The van der Waals surface area contributed by atoms with Crippen LogP contribution in [-0.2, 0) is 10.0 Å². The van der Waals surface area contributed by atoms with Crippen molar-refractivity contribution in [3.63, 3.8) is 0 Å². The van der Waals surface area contributed by atoms with Crippen LogP contribution in [0.2, 0.25) is 0 Å². The zero-order valence-corrected chi connectivity index (χ0v) is 11.4. The highest BCUT2D eigenvalue weighted by atomic mass is 32.2. The van der Waals surface area contributed by atoms with Crippen molar-refractivity contribution in [3.05, 3.63) is 24.3 Å². The van der Waals surface area contributed by atoms with Gasteiger partial charge in [0.05, 0.1) is 5.69 Å². The normalized spacial score (nSPS) is 11.8. The number of nitrogens with one attached hydrogen (secondary N) is 1. The van der Waals surface area contributed by atoms with Crippen LogP contribution in [0, 0.1) is 0 Å². The Labute approximate surface area is 104 Å². The highest BCUT2D eigenvalue weighted by molar-refractivity contribution is 7.89. The van der Waals surface area contributed by atoms with Crippen molar-refractivity contribution in [1.82, 2.24) is 4.31 Å². The number of benzene rings is 1. The van der Waals surface area contributed by atoms with Crippen LogP contribution in [0.4, 0.5) is 5.69 Å². The molecule has 0 atom stereocenters. The third-order valence-corrected chi connectivity index (χ3v) is 4.69. The number of nitrogens with zero attached hydrogens (tertiary/aromatic N) is 1. The molecule has 0 aliphatic carbocycles. The van der Waals surface area contributed by atoms with Gasteiger partial charge in [0.2, 0.25) is 10.0 Å². The number of sulfonamides is 1. The summed E-state index contributed by atoms with van der Waals surface area (Å²) in [6.45, 7) is 7.30. The summed E-state index contributed by atoms with van der Waals surface area (Å²) in [5.74, 6) is 0. The molecule has 1 rings (SSSR count). The van der Waals surface area contributed by atoms with Crippen molar-refractivity contribution in [2.24, 2.45) is 0 Å². The maximum Gasteiger partial charge on any atom is 0.245 e. The molecule has 0 spiro atoms. The second-order valence-electron chi connectivity index (χ2n) is 3.62. The summed E-state index contributed by atoms with van der Waals surface area (Å²) >= 11 is 0. The molecule has 0 aliphatic heterocycles. The summed E-state index contributed by atoms with van der Waals surface area (Å²) in [5.41, 5.74) is 0.668. The van der Waals surface area contributed by atoms with Crippen LogP contribution in [0.5, 0.6) is 0 Å². The first-order valence-electron chi connectivity index (χ1n) is 5.90. The van der Waals surface area contributed by atoms with Crippen LogP contribution in [0.25, 0.3) is 0 Å². The van der Waals surface area contributed by atoms with E-state index in [9.17, 15) is 8.42 Å². The van der Waals surface area contributed by atoms with Crippen molar-refractivity contribution >= 4 is 15.7 Å². The fourth-order valence-electron chi connectivity index (χ4n) is 1.73. The van der Waals surface area contributed by atoms with E-state index in [0.29, 0.717) is 30.2 Å². The molecule has 0 amide bonds. The number of hydrogen-bond acceptors (Lipinski definition) is 3. The maximum absolute atomic E-state index is 12.4. The van der Waals surface area contributed by atoms with E-state index in [4.69, 9.17) is 0 Å². The first-order chi connectivity index (χ1) is 8.07. The van der Waals surface area contributed by atoms with Crippen molar-refractivity contribution < 1.29 is 8.42 Å². The summed E-state index contributed by atoms with van der Waals surface area (Å²) in [6.07, 6.45) is 0. The number of hydrogen-bond donors (Lipinski definition) is 1. The number of rotatable bonds is 6. The van der Waals surface area contributed by atoms with Crippen LogP contribution in [-0.4, -0.2) is 32.4 Å². The highest BCUT2D eigenvalue weighted by Crippen LogP contribution is 2.23. The Bertz CT molecular complexity index is 453. The molecule has 0 bridgehead atoms. The second kappa shape index (κ2) is 6.02. The Hall–Kier alpha value is -1.07. The topological polar surface area (TPSA) is 49.4 Å². The lowest BCUT2D eigenvalue weighted by molar-refractivity contribution is 0.445. The summed E-state index contributed by atoms with van der Waals surface area (Å²) in [4.78, 5) is 0.352. The minimum absolute atomic E-state index is 0.352. The van der Waals surface area contributed by atoms with Gasteiger partial charge in [-0.15, -0.1) is 0 Å². The molecule has 4 nitrogen and oxygen atoms in total. The highest BCUT2D eigenvalue weighted by Gasteiger charge is 2.23. The Morgan fingerprint density at radius 3 is 2.24 bits per heavy atom. The molecule has 0 saturated heterocycles. The molecule has 0 aromatic heterocycles. The van der Waals surface area contributed by atoms with Crippen molar-refractivity contribution in [2.45, 2.75) is 25.7 Å². The van der Waals surface area contributed by atoms with E-state index in [1.165, 1.54) is 4.31 Å². The van der Waals surface area contributed by atoms with Gasteiger partial charge in [0.1, 0.15) is 4.90 Å². The SMILES string of the molecule is CCNc1ccccc1S(=O)(=O)N(CC)CC. The number of anilines is 1. The predicted molar refractivity (Wildman–Crippen MR) is 70.7 cm³/mol. The van der Waals surface area contributed by atoms with E-state index < -0.39 is 10.0 Å². The van der Waals surface area contributed by atoms with Crippen molar-refractivity contribution in [1.29, 1.82) is 0 Å². The fourth-order valence-corrected chi connectivity index (χ4v) is 3.36. The van der Waals surface area contributed by atoms with Gasteiger partial charge in [-0.25, -0.2) is 8.42 Å². The van der Waals surface area contributed by atoms with Crippen LogP contribution < -0.4 is 5.32 Å². The van der Waals surface area contributed by atoms with Gasteiger partial charge in [-0.3, -0.25) is 0 Å². The molecule has 96 valence electrons. The van der Waals surface area contributed by atoms with Gasteiger partial charge in [0.15, 0.2) is 0 Å². The van der Waals surface area contributed by atoms with E-state index in [1.807, 2.05) is 26.8 Å².